The van der Waals surface area contributed by atoms with E-state index < -0.39 is 0 Å². The highest BCUT2D eigenvalue weighted by Gasteiger charge is 2.11. The van der Waals surface area contributed by atoms with Crippen LogP contribution < -0.4 is 5.32 Å². The number of nitrogens with one attached hydrogen (secondary N) is 1. The van der Waals surface area contributed by atoms with Crippen LogP contribution in [-0.2, 0) is 11.3 Å². The number of benzene rings is 1. The highest BCUT2D eigenvalue weighted by atomic mass is 32.1. The van der Waals surface area contributed by atoms with Gasteiger partial charge in [0.25, 0.3) is 0 Å². The maximum Gasteiger partial charge on any atom is 0.250 e. The summed E-state index contributed by atoms with van der Waals surface area (Å²) in [6, 6.07) is 8.45. The second-order valence-electron chi connectivity index (χ2n) is 6.71. The van der Waals surface area contributed by atoms with Crippen LogP contribution in [0.2, 0.25) is 0 Å². The molecular formula is C21H24N4OS. The van der Waals surface area contributed by atoms with Crippen LogP contribution in [0.4, 0.5) is 5.13 Å². The van der Waals surface area contributed by atoms with Gasteiger partial charge in [-0.1, -0.05) is 29.8 Å². The van der Waals surface area contributed by atoms with Crippen LogP contribution in [-0.4, -0.2) is 20.7 Å². The molecule has 0 atom stereocenters. The third-order valence-corrected chi connectivity index (χ3v) is 5.54. The van der Waals surface area contributed by atoms with Crippen molar-refractivity contribution in [3.63, 3.8) is 0 Å². The molecule has 2 heterocycles. The molecule has 0 unspecified atom stereocenters. The van der Waals surface area contributed by atoms with Gasteiger partial charge < -0.3 is 0 Å². The molecule has 1 amide bonds. The number of aromatic nitrogens is 3. The molecule has 0 aliphatic rings. The molecule has 0 saturated heterocycles. The smallest absolute Gasteiger partial charge is 0.250 e. The fourth-order valence-electron chi connectivity index (χ4n) is 2.80. The van der Waals surface area contributed by atoms with E-state index in [-0.39, 0.29) is 5.91 Å². The Morgan fingerprint density at radius 1 is 1.11 bits per heavy atom. The second-order valence-corrected chi connectivity index (χ2v) is 7.91. The third-order valence-electron chi connectivity index (χ3n) is 4.55. The van der Waals surface area contributed by atoms with Gasteiger partial charge in [-0.05, 0) is 46.3 Å². The molecule has 27 heavy (non-hydrogen) atoms. The summed E-state index contributed by atoms with van der Waals surface area (Å²) in [6.07, 6.45) is 3.37. The summed E-state index contributed by atoms with van der Waals surface area (Å²) in [5, 5.41) is 8.08. The van der Waals surface area contributed by atoms with Crippen molar-refractivity contribution in [3.8, 4) is 0 Å². The summed E-state index contributed by atoms with van der Waals surface area (Å²) in [5.41, 5.74) is 6.32. The predicted octanol–water partition coefficient (Wildman–Crippen LogP) is 4.58. The van der Waals surface area contributed by atoms with Gasteiger partial charge in [0.2, 0.25) is 5.91 Å². The van der Waals surface area contributed by atoms with Crippen molar-refractivity contribution in [2.45, 2.75) is 41.2 Å². The zero-order valence-electron chi connectivity index (χ0n) is 16.3. The van der Waals surface area contributed by atoms with E-state index in [1.165, 1.54) is 22.5 Å². The minimum Gasteiger partial charge on any atom is -0.298 e. The standard InChI is InChI=1S/C21H24N4OS/c1-13-6-8-18(9-7-13)12-25-16(4)19(15(3)24-25)10-11-20(26)23-21-22-14(2)17(5)27-21/h6-11H,12H2,1-5H3,(H,22,23,26). The van der Waals surface area contributed by atoms with Gasteiger partial charge in [0.05, 0.1) is 17.9 Å². The zero-order chi connectivity index (χ0) is 19.6. The maximum atomic E-state index is 12.2. The van der Waals surface area contributed by atoms with Crippen molar-refractivity contribution in [2.75, 3.05) is 5.32 Å². The van der Waals surface area contributed by atoms with E-state index in [1.807, 2.05) is 38.5 Å². The minimum absolute atomic E-state index is 0.186. The van der Waals surface area contributed by atoms with Crippen molar-refractivity contribution < 1.29 is 4.79 Å². The first-order chi connectivity index (χ1) is 12.8. The van der Waals surface area contributed by atoms with Crippen LogP contribution >= 0.6 is 11.3 Å². The van der Waals surface area contributed by atoms with E-state index in [9.17, 15) is 4.79 Å². The maximum absolute atomic E-state index is 12.2. The number of hydrogen-bond donors (Lipinski definition) is 1. The summed E-state index contributed by atoms with van der Waals surface area (Å²) < 4.78 is 1.98. The van der Waals surface area contributed by atoms with E-state index in [0.717, 1.165) is 27.5 Å². The lowest BCUT2D eigenvalue weighted by Crippen LogP contribution is -2.07. The summed E-state index contributed by atoms with van der Waals surface area (Å²) >= 11 is 1.48. The van der Waals surface area contributed by atoms with Crippen molar-refractivity contribution in [1.82, 2.24) is 14.8 Å². The minimum atomic E-state index is -0.186. The lowest BCUT2D eigenvalue weighted by atomic mass is 10.1. The van der Waals surface area contributed by atoms with Crippen LogP contribution in [0, 0.1) is 34.6 Å². The molecule has 0 aliphatic carbocycles. The summed E-state index contributed by atoms with van der Waals surface area (Å²) in [6.45, 7) is 10.7. The number of thiazole rings is 1. The van der Waals surface area contributed by atoms with Gasteiger partial charge in [0.1, 0.15) is 0 Å². The molecule has 0 aliphatic heterocycles. The van der Waals surface area contributed by atoms with Gasteiger partial charge in [-0.3, -0.25) is 14.8 Å². The quantitative estimate of drug-likeness (QED) is 0.659. The van der Waals surface area contributed by atoms with Gasteiger partial charge in [0, 0.05) is 22.2 Å². The highest BCUT2D eigenvalue weighted by Crippen LogP contribution is 2.21. The molecule has 140 valence electrons. The molecule has 0 spiro atoms. The Labute approximate surface area is 163 Å². The average molecular weight is 381 g/mol. The molecule has 5 nitrogen and oxygen atoms in total. The molecule has 6 heteroatoms. The Bertz CT molecular complexity index is 977. The Hall–Kier alpha value is -2.73. The summed E-state index contributed by atoms with van der Waals surface area (Å²) in [4.78, 5) is 17.6. The normalized spacial score (nSPS) is 11.3. The van der Waals surface area contributed by atoms with E-state index >= 15 is 0 Å². The largest absolute Gasteiger partial charge is 0.298 e. The first kappa shape index (κ1) is 19.0. The molecule has 0 radical (unpaired) electrons. The number of anilines is 1. The third kappa shape index (κ3) is 4.52. The van der Waals surface area contributed by atoms with Crippen LogP contribution in [0.5, 0.6) is 0 Å². The van der Waals surface area contributed by atoms with Crippen LogP contribution in [0.1, 0.15) is 38.6 Å². The van der Waals surface area contributed by atoms with Crippen molar-refractivity contribution in [2.24, 2.45) is 0 Å². The molecule has 3 aromatic rings. The molecule has 2 aromatic heterocycles. The number of amides is 1. The van der Waals surface area contributed by atoms with Crippen LogP contribution in [0.3, 0.4) is 0 Å². The first-order valence-electron chi connectivity index (χ1n) is 8.86. The summed E-state index contributed by atoms with van der Waals surface area (Å²) in [5.74, 6) is -0.186. The molecule has 3 rings (SSSR count). The SMILES string of the molecule is Cc1ccc(Cn2nc(C)c(C=CC(=O)Nc3nc(C)c(C)s3)c2C)cc1. The number of carbonyl (C=O) groups is 1. The molecule has 1 aromatic carbocycles. The van der Waals surface area contributed by atoms with E-state index in [2.05, 4.69) is 46.6 Å². The Kier molecular flexibility index (Phi) is 5.56. The van der Waals surface area contributed by atoms with Gasteiger partial charge in [0.15, 0.2) is 5.13 Å². The van der Waals surface area contributed by atoms with Crippen molar-refractivity contribution in [1.29, 1.82) is 0 Å². The highest BCUT2D eigenvalue weighted by molar-refractivity contribution is 7.15. The fourth-order valence-corrected chi connectivity index (χ4v) is 3.62. The van der Waals surface area contributed by atoms with Gasteiger partial charge in [-0.15, -0.1) is 11.3 Å². The lowest BCUT2D eigenvalue weighted by molar-refractivity contribution is -0.111. The van der Waals surface area contributed by atoms with E-state index in [4.69, 9.17) is 0 Å². The topological polar surface area (TPSA) is 59.8 Å². The Morgan fingerprint density at radius 3 is 2.44 bits per heavy atom. The van der Waals surface area contributed by atoms with Gasteiger partial charge >= 0.3 is 0 Å². The average Bonchev–Trinajstić information content (AvgIpc) is 3.06. The fraction of sp³-hybridized carbons (Fsp3) is 0.286. The van der Waals surface area contributed by atoms with Crippen LogP contribution in [0.25, 0.3) is 6.08 Å². The molecule has 0 bridgehead atoms. The van der Waals surface area contributed by atoms with Gasteiger partial charge in [-0.25, -0.2) is 4.98 Å². The molecule has 0 saturated carbocycles. The number of carbonyl (C=O) groups excluding carboxylic acids is 1. The second kappa shape index (κ2) is 7.88. The number of aryl methyl sites for hydroxylation is 4. The monoisotopic (exact) mass is 380 g/mol. The predicted molar refractivity (Wildman–Crippen MR) is 111 cm³/mol. The summed E-state index contributed by atoms with van der Waals surface area (Å²) in [7, 11) is 0. The first-order valence-corrected chi connectivity index (χ1v) is 9.68. The number of rotatable bonds is 5. The Balaban J connectivity index is 1.72. The molecule has 0 fully saturated rings. The van der Waals surface area contributed by atoms with Crippen molar-refractivity contribution >= 4 is 28.5 Å². The molecule has 1 N–H and O–H groups in total. The number of nitrogens with zero attached hydrogens (tertiary/aromatic N) is 3. The van der Waals surface area contributed by atoms with Gasteiger partial charge in [-0.2, -0.15) is 5.10 Å². The zero-order valence-corrected chi connectivity index (χ0v) is 17.1. The van der Waals surface area contributed by atoms with E-state index in [0.29, 0.717) is 11.7 Å². The number of hydrogen-bond acceptors (Lipinski definition) is 4. The van der Waals surface area contributed by atoms with Crippen molar-refractivity contribution in [3.05, 3.63) is 69.0 Å². The van der Waals surface area contributed by atoms with Crippen LogP contribution in [0.15, 0.2) is 30.3 Å². The lowest BCUT2D eigenvalue weighted by Gasteiger charge is -2.05. The van der Waals surface area contributed by atoms with E-state index in [1.54, 1.807) is 6.08 Å². The Morgan fingerprint density at radius 2 is 1.81 bits per heavy atom. The molecular weight excluding hydrogens is 356 g/mol.